The van der Waals surface area contributed by atoms with E-state index in [0.29, 0.717) is 24.6 Å². The van der Waals surface area contributed by atoms with Gasteiger partial charge in [-0.3, -0.25) is 19.2 Å². The highest BCUT2D eigenvalue weighted by atomic mass is 16.2. The van der Waals surface area contributed by atoms with Gasteiger partial charge in [-0.2, -0.15) is 0 Å². The smallest absolute Gasteiger partial charge is 0.250 e. The Kier molecular flexibility index (Phi) is 11.4. The van der Waals surface area contributed by atoms with Gasteiger partial charge in [-0.05, 0) is 97.2 Å². The number of aromatic nitrogens is 4. The topological polar surface area (TPSA) is 156 Å². The first-order chi connectivity index (χ1) is 31.4. The van der Waals surface area contributed by atoms with Crippen molar-refractivity contribution in [2.24, 2.45) is 11.8 Å². The minimum absolute atomic E-state index is 0.000137. The van der Waals surface area contributed by atoms with Gasteiger partial charge >= 0.3 is 0 Å². The number of rotatable bonds is 12. The van der Waals surface area contributed by atoms with Crippen LogP contribution in [0.25, 0.3) is 22.4 Å². The third-order valence-electron chi connectivity index (χ3n) is 12.9. The summed E-state index contributed by atoms with van der Waals surface area (Å²) in [7, 11) is 0. The molecule has 2 aliphatic carbocycles. The molecule has 0 radical (unpaired) electrons. The summed E-state index contributed by atoms with van der Waals surface area (Å²) in [6.45, 7) is 1.20. The summed E-state index contributed by atoms with van der Waals surface area (Å²) in [5, 5.41) is 6.08. The third-order valence-corrected chi connectivity index (χ3v) is 12.9. The van der Waals surface area contributed by atoms with Gasteiger partial charge in [0.1, 0.15) is 29.4 Å². The van der Waals surface area contributed by atoms with Crippen molar-refractivity contribution in [1.29, 1.82) is 0 Å². The fourth-order valence-electron chi connectivity index (χ4n) is 8.99. The van der Waals surface area contributed by atoms with E-state index >= 15 is 0 Å². The number of nitrogens with zero attached hydrogens (tertiary/aromatic N) is 4. The summed E-state index contributed by atoms with van der Waals surface area (Å²) in [6.07, 6.45) is 10.3. The lowest BCUT2D eigenvalue weighted by atomic mass is 10.0. The number of nitrogens with one attached hydrogen (secondary N) is 4. The number of hydrogen-bond donors (Lipinski definition) is 4. The highest BCUT2D eigenvalue weighted by Crippen LogP contribution is 2.37. The molecule has 4 atom stereocenters. The largest absolute Gasteiger partial charge is 0.340 e. The molecule has 12 nitrogen and oxygen atoms in total. The molecular weight excluding hydrogens is 801 g/mol. The van der Waals surface area contributed by atoms with E-state index in [1.165, 1.54) is 0 Å². The van der Waals surface area contributed by atoms with Crippen molar-refractivity contribution >= 4 is 23.6 Å². The summed E-state index contributed by atoms with van der Waals surface area (Å²) in [6, 6.07) is 33.5. The van der Waals surface area contributed by atoms with Gasteiger partial charge in [0.2, 0.25) is 23.6 Å². The summed E-state index contributed by atoms with van der Waals surface area (Å²) in [4.78, 5) is 73.7. The maximum absolute atomic E-state index is 14.1. The second-order valence-corrected chi connectivity index (χ2v) is 17.4. The number of imidazole rings is 2. The minimum atomic E-state index is -0.739. The molecule has 64 heavy (non-hydrogen) atoms. The molecule has 4 aliphatic rings. The number of aromatic amines is 2. The van der Waals surface area contributed by atoms with E-state index in [-0.39, 0.29) is 47.5 Å². The number of carbonyl (C=O) groups is 4. The lowest BCUT2D eigenvalue weighted by Crippen LogP contribution is -2.43. The molecule has 4 N–H and O–H groups in total. The third kappa shape index (κ3) is 8.84. The molecule has 0 spiro atoms. The summed E-state index contributed by atoms with van der Waals surface area (Å²) < 4.78 is 0. The second kappa shape index (κ2) is 17.8. The quantitative estimate of drug-likeness (QED) is 0.0925. The number of hydrogen-bond acceptors (Lipinski definition) is 6. The normalized spacial score (nSPS) is 19.1. The van der Waals surface area contributed by atoms with Crippen LogP contribution in [0.5, 0.6) is 0 Å². The van der Waals surface area contributed by atoms with Crippen LogP contribution in [0.4, 0.5) is 0 Å². The lowest BCUT2D eigenvalue weighted by Gasteiger charge is -2.28. The van der Waals surface area contributed by atoms with Gasteiger partial charge in [-0.15, -0.1) is 0 Å². The van der Waals surface area contributed by atoms with Gasteiger partial charge in [0, 0.05) is 30.5 Å². The van der Waals surface area contributed by atoms with E-state index in [2.05, 4.69) is 73.8 Å². The van der Waals surface area contributed by atoms with E-state index in [0.717, 1.165) is 96.3 Å². The highest BCUT2D eigenvalue weighted by molar-refractivity contribution is 5.91. The van der Waals surface area contributed by atoms with E-state index in [1.807, 2.05) is 88.8 Å². The highest BCUT2D eigenvalue weighted by Gasteiger charge is 2.40. The van der Waals surface area contributed by atoms with Crippen LogP contribution in [0.1, 0.15) is 110 Å². The second-order valence-electron chi connectivity index (χ2n) is 17.4. The zero-order valence-electron chi connectivity index (χ0n) is 35.5. The molecule has 2 aromatic heterocycles. The van der Waals surface area contributed by atoms with Gasteiger partial charge in [0.05, 0.1) is 30.2 Å². The van der Waals surface area contributed by atoms with Crippen molar-refractivity contribution in [3.63, 3.8) is 0 Å². The number of amides is 4. The van der Waals surface area contributed by atoms with E-state index in [1.54, 1.807) is 6.20 Å². The Morgan fingerprint density at radius 2 is 1.02 bits per heavy atom. The standard InChI is InChI=1S/C52H50N8O4/c61-49(39-24-25-39)57-45(37-9-3-1-4-10-37)51(63)59-29-7-13-43(59)47-53-31-41(55-47)28-17-33-15-18-34(19-16-33)35-20-22-36(23-21-35)42-32-54-48(56-42)44-14-8-30-60(44)52(64)46(38-11-5-2-6-12-38)58-50(62)40-26-27-40/h1-6,9-12,15-16,18-23,31-32,39-40,43-46H,7-8,13-14,24-27,29-30H2,(H,53,55)(H,54,56)(H,57,61)(H,58,62)/t43-,44-,45+,46+/m0/s1. The average Bonchev–Trinajstić information content (AvgIpc) is 4.10. The minimum Gasteiger partial charge on any atom is -0.340 e. The molecule has 0 unspecified atom stereocenters. The van der Waals surface area contributed by atoms with Crippen molar-refractivity contribution in [2.75, 3.05) is 13.1 Å². The van der Waals surface area contributed by atoms with Crippen molar-refractivity contribution in [1.82, 2.24) is 40.4 Å². The van der Waals surface area contributed by atoms with E-state index < -0.39 is 12.1 Å². The van der Waals surface area contributed by atoms with Crippen LogP contribution in [0.3, 0.4) is 0 Å². The molecule has 0 bridgehead atoms. The van der Waals surface area contributed by atoms with Crippen LogP contribution < -0.4 is 10.6 Å². The molecule has 4 aromatic carbocycles. The van der Waals surface area contributed by atoms with Crippen LogP contribution in [-0.4, -0.2) is 66.5 Å². The molecule has 4 heterocycles. The fourth-order valence-corrected chi connectivity index (χ4v) is 8.99. The molecule has 4 fully saturated rings. The Morgan fingerprint density at radius 1 is 0.547 bits per heavy atom. The van der Waals surface area contributed by atoms with Gasteiger partial charge in [-0.25, -0.2) is 9.97 Å². The van der Waals surface area contributed by atoms with Gasteiger partial charge in [-0.1, -0.05) is 103 Å². The maximum Gasteiger partial charge on any atom is 0.250 e. The van der Waals surface area contributed by atoms with Gasteiger partial charge in [0.15, 0.2) is 0 Å². The zero-order valence-corrected chi connectivity index (χ0v) is 35.5. The summed E-state index contributed by atoms with van der Waals surface area (Å²) in [5.41, 5.74) is 7.06. The number of H-pyrrole nitrogens is 2. The zero-order chi connectivity index (χ0) is 43.6. The molecule has 6 aromatic rings. The van der Waals surface area contributed by atoms with Crippen LogP contribution in [0.15, 0.2) is 122 Å². The number of likely N-dealkylation sites (tertiary alicyclic amines) is 2. The molecule has 2 aliphatic heterocycles. The first kappa shape index (κ1) is 40.8. The molecule has 4 amide bonds. The molecule has 12 heteroatoms. The maximum atomic E-state index is 14.1. The molecular formula is C52H50N8O4. The first-order valence-corrected chi connectivity index (χ1v) is 22.5. The Labute approximate surface area is 372 Å². The SMILES string of the molecule is O=C(N[C@@H](C(=O)N1CCC[C@H]1c1ncc(C#Cc2ccc(-c3ccc(-c4cnc([C@@H]5CCCN5C(=O)[C@H](NC(=O)C5CC5)c5ccccc5)[nH]4)cc3)cc2)[nH]1)c1ccccc1)C1CC1. The number of carbonyl (C=O) groups excluding carboxylic acids is 4. The van der Waals surface area contributed by atoms with Crippen LogP contribution in [0.2, 0.25) is 0 Å². The van der Waals surface area contributed by atoms with Crippen LogP contribution in [0, 0.1) is 23.7 Å². The van der Waals surface area contributed by atoms with E-state index in [4.69, 9.17) is 4.98 Å². The fraction of sp³-hybridized carbons (Fsp3) is 0.308. The van der Waals surface area contributed by atoms with Crippen molar-refractivity contribution in [2.45, 2.75) is 75.5 Å². The Hall–Kier alpha value is -7.26. The molecule has 322 valence electrons. The molecule has 10 rings (SSSR count). The monoisotopic (exact) mass is 850 g/mol. The summed E-state index contributed by atoms with van der Waals surface area (Å²) in [5.74, 6) is 7.54. The Bertz CT molecular complexity index is 2710. The van der Waals surface area contributed by atoms with Gasteiger partial charge in [0.25, 0.3) is 0 Å². The van der Waals surface area contributed by atoms with Crippen molar-refractivity contribution in [3.8, 4) is 34.2 Å². The predicted octanol–water partition coefficient (Wildman–Crippen LogP) is 7.73. The van der Waals surface area contributed by atoms with Crippen LogP contribution >= 0.6 is 0 Å². The average molecular weight is 851 g/mol. The molecule has 2 saturated carbocycles. The first-order valence-electron chi connectivity index (χ1n) is 22.5. The summed E-state index contributed by atoms with van der Waals surface area (Å²) >= 11 is 0. The van der Waals surface area contributed by atoms with Crippen LogP contribution in [-0.2, 0) is 19.2 Å². The number of benzene rings is 4. The Morgan fingerprint density at radius 3 is 1.53 bits per heavy atom. The Balaban J connectivity index is 0.775. The predicted molar refractivity (Wildman–Crippen MR) is 242 cm³/mol. The van der Waals surface area contributed by atoms with Gasteiger partial charge < -0.3 is 30.4 Å². The van der Waals surface area contributed by atoms with Crippen molar-refractivity contribution in [3.05, 3.63) is 156 Å². The lowest BCUT2D eigenvalue weighted by molar-refractivity contribution is -0.138. The molecule has 2 saturated heterocycles. The van der Waals surface area contributed by atoms with Crippen molar-refractivity contribution < 1.29 is 19.2 Å². The van der Waals surface area contributed by atoms with E-state index in [9.17, 15) is 19.2 Å².